The normalized spacial score (nSPS) is 19.2. The van der Waals surface area contributed by atoms with Gasteiger partial charge in [-0.1, -0.05) is 17.7 Å². The Balaban J connectivity index is 1.43. The Morgan fingerprint density at radius 2 is 1.76 bits per heavy atom. The Bertz CT molecular complexity index is 1140. The zero-order chi connectivity index (χ0) is 27.4. The van der Waals surface area contributed by atoms with E-state index in [0.29, 0.717) is 55.7 Å². The number of benzene rings is 2. The molecule has 2 fully saturated rings. The van der Waals surface area contributed by atoms with Crippen molar-refractivity contribution >= 4 is 28.9 Å². The van der Waals surface area contributed by atoms with Gasteiger partial charge in [0.2, 0.25) is 0 Å². The molecule has 4 rings (SSSR count). The molecule has 0 aliphatic carbocycles. The summed E-state index contributed by atoms with van der Waals surface area (Å²) >= 11 is 6.17. The van der Waals surface area contributed by atoms with Crippen LogP contribution in [0.1, 0.15) is 28.8 Å². The predicted molar refractivity (Wildman–Crippen MR) is 136 cm³/mol. The van der Waals surface area contributed by atoms with E-state index in [1.165, 1.54) is 12.1 Å². The van der Waals surface area contributed by atoms with E-state index in [4.69, 9.17) is 11.6 Å². The molecule has 0 unspecified atom stereocenters. The smallest absolute Gasteiger partial charge is 0.390 e. The summed E-state index contributed by atoms with van der Waals surface area (Å²) in [5, 5.41) is 12.3. The Hall–Kier alpha value is -2.47. The van der Waals surface area contributed by atoms with Gasteiger partial charge < -0.3 is 15.3 Å². The fourth-order valence-electron chi connectivity index (χ4n) is 4.89. The lowest BCUT2D eigenvalue weighted by atomic mass is 10.1. The van der Waals surface area contributed by atoms with Crippen LogP contribution in [0.5, 0.6) is 0 Å². The van der Waals surface area contributed by atoms with Crippen LogP contribution in [0, 0.1) is 17.6 Å². The van der Waals surface area contributed by atoms with Gasteiger partial charge in [-0.15, -0.1) is 0 Å². The van der Waals surface area contributed by atoms with E-state index < -0.39 is 35.7 Å². The molecule has 0 bridgehead atoms. The quantitative estimate of drug-likeness (QED) is 0.456. The van der Waals surface area contributed by atoms with E-state index in [1.807, 2.05) is 9.80 Å². The summed E-state index contributed by atoms with van der Waals surface area (Å²) in [6, 6.07) is 7.37. The highest BCUT2D eigenvalue weighted by Gasteiger charge is 2.29. The van der Waals surface area contributed by atoms with Crippen molar-refractivity contribution in [1.29, 1.82) is 0 Å². The van der Waals surface area contributed by atoms with Gasteiger partial charge in [-0.05, 0) is 43.1 Å². The average Bonchev–Trinajstić information content (AvgIpc) is 3.34. The first kappa shape index (κ1) is 28.5. The number of carbonyl (C=O) groups is 1. The van der Waals surface area contributed by atoms with Crippen LogP contribution in [-0.2, 0) is 6.54 Å². The molecular formula is C26H30ClF5N4O2. The first-order valence-electron chi connectivity index (χ1n) is 12.5. The number of nitrogens with one attached hydrogen (secondary N) is 1. The average molecular weight is 561 g/mol. The monoisotopic (exact) mass is 560 g/mol. The molecular weight excluding hydrogens is 531 g/mol. The molecule has 0 aromatic heterocycles. The number of likely N-dealkylation sites (tertiary alicyclic amines) is 1. The minimum absolute atomic E-state index is 0.0485. The highest BCUT2D eigenvalue weighted by molar-refractivity contribution is 6.31. The van der Waals surface area contributed by atoms with Gasteiger partial charge in [0.1, 0.15) is 0 Å². The molecule has 0 spiro atoms. The maximum absolute atomic E-state index is 14.9. The van der Waals surface area contributed by atoms with Gasteiger partial charge in [0, 0.05) is 63.0 Å². The highest BCUT2D eigenvalue weighted by atomic mass is 35.5. The maximum Gasteiger partial charge on any atom is 0.390 e. The molecule has 208 valence electrons. The lowest BCUT2D eigenvalue weighted by Gasteiger charge is -2.37. The lowest BCUT2D eigenvalue weighted by Crippen LogP contribution is -2.47. The molecule has 12 heteroatoms. The standard InChI is InChI=1S/C26H30ClF5N4O2/c27-19-2-4-21(22(13-19)36-11-9-34(10-12-36)8-6-26(30,31)32)33-25(38)20-3-1-18(23(28)24(20)29)15-35-7-5-17(14-35)16-37/h1-4,13,17,37H,5-12,14-16H2,(H,33,38)/t17-/m0/s1. The summed E-state index contributed by atoms with van der Waals surface area (Å²) < 4.78 is 67.5. The Labute approximate surface area is 223 Å². The topological polar surface area (TPSA) is 59.1 Å². The summed E-state index contributed by atoms with van der Waals surface area (Å²) in [7, 11) is 0. The predicted octanol–water partition coefficient (Wildman–Crippen LogP) is 4.76. The number of aliphatic hydroxyl groups excluding tert-OH is 1. The number of amides is 1. The van der Waals surface area contributed by atoms with E-state index in [1.54, 1.807) is 23.1 Å². The fourth-order valence-corrected chi connectivity index (χ4v) is 5.06. The largest absolute Gasteiger partial charge is 0.396 e. The molecule has 1 atom stereocenters. The van der Waals surface area contributed by atoms with Gasteiger partial charge in [-0.25, -0.2) is 8.78 Å². The van der Waals surface area contributed by atoms with E-state index in [-0.39, 0.29) is 31.2 Å². The Kier molecular flexibility index (Phi) is 9.12. The maximum atomic E-state index is 14.9. The van der Waals surface area contributed by atoms with E-state index >= 15 is 0 Å². The molecule has 2 heterocycles. The summed E-state index contributed by atoms with van der Waals surface area (Å²) in [5.41, 5.74) is 0.567. The van der Waals surface area contributed by atoms with Gasteiger partial charge in [0.15, 0.2) is 11.6 Å². The molecule has 2 aliphatic rings. The first-order chi connectivity index (χ1) is 18.0. The van der Waals surface area contributed by atoms with Gasteiger partial charge in [0.25, 0.3) is 5.91 Å². The summed E-state index contributed by atoms with van der Waals surface area (Å²) in [5.74, 6) is -3.05. The number of anilines is 2. The van der Waals surface area contributed by atoms with Crippen molar-refractivity contribution in [3.05, 3.63) is 58.1 Å². The molecule has 2 aliphatic heterocycles. The molecule has 1 amide bonds. The number of halogens is 6. The molecule has 0 saturated carbocycles. The molecule has 38 heavy (non-hydrogen) atoms. The third-order valence-electron chi connectivity index (χ3n) is 7.06. The van der Waals surface area contributed by atoms with Gasteiger partial charge in [-0.3, -0.25) is 14.6 Å². The number of nitrogens with zero attached hydrogens (tertiary/aromatic N) is 3. The summed E-state index contributed by atoms with van der Waals surface area (Å²) in [6.45, 7) is 3.01. The minimum atomic E-state index is -4.22. The van der Waals surface area contributed by atoms with Crippen molar-refractivity contribution < 1.29 is 31.9 Å². The van der Waals surface area contributed by atoms with Crippen molar-refractivity contribution in [3.63, 3.8) is 0 Å². The van der Waals surface area contributed by atoms with Crippen molar-refractivity contribution in [3.8, 4) is 0 Å². The third kappa shape index (κ3) is 7.13. The number of hydrogen-bond donors (Lipinski definition) is 2. The highest BCUT2D eigenvalue weighted by Crippen LogP contribution is 2.32. The molecule has 2 saturated heterocycles. The van der Waals surface area contributed by atoms with Crippen LogP contribution in [0.4, 0.5) is 33.3 Å². The lowest BCUT2D eigenvalue weighted by molar-refractivity contribution is -0.138. The number of carbonyl (C=O) groups excluding carboxylic acids is 1. The fraction of sp³-hybridized carbons (Fsp3) is 0.500. The van der Waals surface area contributed by atoms with E-state index in [0.717, 1.165) is 6.42 Å². The van der Waals surface area contributed by atoms with Gasteiger partial charge in [-0.2, -0.15) is 13.2 Å². The third-order valence-corrected chi connectivity index (χ3v) is 7.30. The first-order valence-corrected chi connectivity index (χ1v) is 12.9. The second-order valence-corrected chi connectivity index (χ2v) is 10.2. The van der Waals surface area contributed by atoms with Crippen LogP contribution in [0.25, 0.3) is 0 Å². The zero-order valence-corrected chi connectivity index (χ0v) is 21.5. The summed E-state index contributed by atoms with van der Waals surface area (Å²) in [4.78, 5) is 18.5. The zero-order valence-electron chi connectivity index (χ0n) is 20.7. The van der Waals surface area contributed by atoms with Crippen LogP contribution in [0.15, 0.2) is 30.3 Å². The summed E-state index contributed by atoms with van der Waals surface area (Å²) in [6.07, 6.45) is -4.31. The number of rotatable bonds is 8. The van der Waals surface area contributed by atoms with Crippen LogP contribution in [0.3, 0.4) is 0 Å². The van der Waals surface area contributed by atoms with Gasteiger partial charge in [0.05, 0.1) is 23.4 Å². The number of piperazine rings is 1. The van der Waals surface area contributed by atoms with Crippen LogP contribution in [-0.4, -0.2) is 79.4 Å². The van der Waals surface area contributed by atoms with Crippen molar-refractivity contribution in [2.75, 3.05) is 62.6 Å². The molecule has 2 N–H and O–H groups in total. The number of alkyl halides is 3. The van der Waals surface area contributed by atoms with Crippen molar-refractivity contribution in [2.24, 2.45) is 5.92 Å². The molecule has 2 aromatic carbocycles. The minimum Gasteiger partial charge on any atom is -0.396 e. The van der Waals surface area contributed by atoms with E-state index in [2.05, 4.69) is 5.32 Å². The second-order valence-electron chi connectivity index (χ2n) is 9.78. The Morgan fingerprint density at radius 1 is 1.03 bits per heavy atom. The van der Waals surface area contributed by atoms with Crippen LogP contribution in [0.2, 0.25) is 5.02 Å². The van der Waals surface area contributed by atoms with Crippen LogP contribution < -0.4 is 10.2 Å². The van der Waals surface area contributed by atoms with Gasteiger partial charge >= 0.3 is 6.18 Å². The number of hydrogen-bond acceptors (Lipinski definition) is 5. The Morgan fingerprint density at radius 3 is 2.42 bits per heavy atom. The van der Waals surface area contributed by atoms with Crippen LogP contribution >= 0.6 is 11.6 Å². The molecule has 0 radical (unpaired) electrons. The molecule has 2 aromatic rings. The second kappa shape index (κ2) is 12.1. The van der Waals surface area contributed by atoms with E-state index in [9.17, 15) is 31.9 Å². The van der Waals surface area contributed by atoms with Crippen molar-refractivity contribution in [1.82, 2.24) is 9.80 Å². The molecule has 6 nitrogen and oxygen atoms in total. The van der Waals surface area contributed by atoms with Crippen molar-refractivity contribution in [2.45, 2.75) is 25.6 Å². The number of aliphatic hydroxyl groups is 1. The SMILES string of the molecule is O=C(Nc1ccc(Cl)cc1N1CCN(CCC(F)(F)F)CC1)c1ccc(CN2CC[C@H](CO)C2)c(F)c1F.